The molecule has 1 N–H and O–H groups in total. The molecule has 0 spiro atoms. The summed E-state index contributed by atoms with van der Waals surface area (Å²) in [6.07, 6.45) is 0. The van der Waals surface area contributed by atoms with Crippen LogP contribution in [-0.4, -0.2) is 0 Å². The molecular formula is C16H17Cl2N. The van der Waals surface area contributed by atoms with Gasteiger partial charge in [0.1, 0.15) is 0 Å². The normalized spacial score (nSPS) is 10.8. The van der Waals surface area contributed by atoms with Gasteiger partial charge in [0.05, 0.1) is 0 Å². The third-order valence-electron chi connectivity index (χ3n) is 3.01. The minimum Gasteiger partial charge on any atom is -0.381 e. The molecule has 0 amide bonds. The molecule has 0 aliphatic carbocycles. The first-order valence-corrected chi connectivity index (χ1v) is 7.09. The zero-order chi connectivity index (χ0) is 13.8. The third kappa shape index (κ3) is 4.15. The minimum absolute atomic E-state index is 0.564. The van der Waals surface area contributed by atoms with Gasteiger partial charge < -0.3 is 5.32 Å². The van der Waals surface area contributed by atoms with Gasteiger partial charge in [-0.05, 0) is 35.2 Å². The first kappa shape index (κ1) is 14.2. The van der Waals surface area contributed by atoms with Crippen LogP contribution in [0.25, 0.3) is 0 Å². The molecule has 1 nitrogen and oxygen atoms in total. The van der Waals surface area contributed by atoms with E-state index in [4.69, 9.17) is 23.2 Å². The van der Waals surface area contributed by atoms with E-state index >= 15 is 0 Å². The Hall–Kier alpha value is -1.18. The van der Waals surface area contributed by atoms with E-state index in [0.29, 0.717) is 16.0 Å². The van der Waals surface area contributed by atoms with E-state index in [-0.39, 0.29) is 0 Å². The number of hydrogen-bond donors (Lipinski definition) is 1. The van der Waals surface area contributed by atoms with E-state index in [2.05, 4.69) is 43.4 Å². The number of hydrogen-bond acceptors (Lipinski definition) is 1. The Labute approximate surface area is 124 Å². The van der Waals surface area contributed by atoms with E-state index in [1.54, 1.807) is 6.07 Å². The summed E-state index contributed by atoms with van der Waals surface area (Å²) >= 11 is 11.9. The fourth-order valence-electron chi connectivity index (χ4n) is 1.88. The topological polar surface area (TPSA) is 12.0 Å². The van der Waals surface area contributed by atoms with Gasteiger partial charge in [-0.3, -0.25) is 0 Å². The lowest BCUT2D eigenvalue weighted by Gasteiger charge is -2.09. The molecular weight excluding hydrogens is 277 g/mol. The zero-order valence-electron chi connectivity index (χ0n) is 11.1. The summed E-state index contributed by atoms with van der Waals surface area (Å²) in [5, 5.41) is 4.61. The summed E-state index contributed by atoms with van der Waals surface area (Å²) in [5.74, 6) is 0.564. The van der Waals surface area contributed by atoms with Gasteiger partial charge in [0, 0.05) is 22.3 Å². The lowest BCUT2D eigenvalue weighted by molar-refractivity contribution is 0.865. The first-order chi connectivity index (χ1) is 9.04. The van der Waals surface area contributed by atoms with Gasteiger partial charge in [-0.25, -0.2) is 0 Å². The van der Waals surface area contributed by atoms with E-state index in [0.717, 1.165) is 12.2 Å². The molecule has 0 bridgehead atoms. The van der Waals surface area contributed by atoms with Gasteiger partial charge >= 0.3 is 0 Å². The number of anilines is 1. The average molecular weight is 294 g/mol. The maximum Gasteiger partial charge on any atom is 0.0441 e. The average Bonchev–Trinajstić information content (AvgIpc) is 2.36. The van der Waals surface area contributed by atoms with Crippen molar-refractivity contribution in [2.45, 2.75) is 26.3 Å². The lowest BCUT2D eigenvalue weighted by Crippen LogP contribution is -1.99. The highest BCUT2D eigenvalue weighted by Gasteiger charge is 2.00. The van der Waals surface area contributed by atoms with E-state index in [1.807, 2.05) is 12.1 Å². The fraction of sp³-hybridized carbons (Fsp3) is 0.250. The molecule has 100 valence electrons. The second-order valence-corrected chi connectivity index (χ2v) is 5.78. The van der Waals surface area contributed by atoms with Crippen molar-refractivity contribution in [3.05, 3.63) is 63.6 Å². The quantitative estimate of drug-likeness (QED) is 0.759. The Morgan fingerprint density at radius 3 is 2.05 bits per heavy atom. The van der Waals surface area contributed by atoms with E-state index in [9.17, 15) is 0 Å². The lowest BCUT2D eigenvalue weighted by atomic mass is 10.0. The van der Waals surface area contributed by atoms with Gasteiger partial charge in [0.25, 0.3) is 0 Å². The summed E-state index contributed by atoms with van der Waals surface area (Å²) in [7, 11) is 0. The first-order valence-electron chi connectivity index (χ1n) is 6.33. The number of halogens is 2. The van der Waals surface area contributed by atoms with Crippen LogP contribution in [-0.2, 0) is 6.54 Å². The van der Waals surface area contributed by atoms with Gasteiger partial charge in [0.15, 0.2) is 0 Å². The molecule has 0 atom stereocenters. The highest BCUT2D eigenvalue weighted by atomic mass is 35.5. The molecule has 3 heteroatoms. The second kappa shape index (κ2) is 6.31. The highest BCUT2D eigenvalue weighted by molar-refractivity contribution is 6.35. The second-order valence-electron chi connectivity index (χ2n) is 4.91. The Morgan fingerprint density at radius 1 is 0.947 bits per heavy atom. The molecule has 0 aliphatic heterocycles. The van der Waals surface area contributed by atoms with Crippen molar-refractivity contribution in [1.82, 2.24) is 0 Å². The maximum atomic E-state index is 5.96. The van der Waals surface area contributed by atoms with Crippen LogP contribution in [0.1, 0.15) is 30.9 Å². The van der Waals surface area contributed by atoms with Crippen molar-refractivity contribution in [2.24, 2.45) is 0 Å². The molecule has 19 heavy (non-hydrogen) atoms. The molecule has 0 heterocycles. The van der Waals surface area contributed by atoms with Crippen LogP contribution in [0.3, 0.4) is 0 Å². The van der Waals surface area contributed by atoms with E-state index < -0.39 is 0 Å². The van der Waals surface area contributed by atoms with Crippen molar-refractivity contribution in [1.29, 1.82) is 0 Å². The van der Waals surface area contributed by atoms with Crippen molar-refractivity contribution >= 4 is 28.9 Å². The summed E-state index contributed by atoms with van der Waals surface area (Å²) in [6.45, 7) is 5.15. The van der Waals surface area contributed by atoms with Gasteiger partial charge in [-0.1, -0.05) is 61.3 Å². The Kier molecular flexibility index (Phi) is 4.73. The molecule has 0 unspecified atom stereocenters. The standard InChI is InChI=1S/C16H17Cl2N/c1-11(2)13-5-3-12(4-6-13)10-19-16-8-14(17)7-15(18)9-16/h3-9,11,19H,10H2,1-2H3. The summed E-state index contributed by atoms with van der Waals surface area (Å²) in [4.78, 5) is 0. The largest absolute Gasteiger partial charge is 0.381 e. The number of nitrogens with one attached hydrogen (secondary N) is 1. The predicted molar refractivity (Wildman–Crippen MR) is 84.3 cm³/mol. The van der Waals surface area contributed by atoms with Crippen LogP contribution in [0.15, 0.2) is 42.5 Å². The molecule has 0 fully saturated rings. The van der Waals surface area contributed by atoms with Gasteiger partial charge in [-0.15, -0.1) is 0 Å². The molecule has 0 aliphatic rings. The van der Waals surface area contributed by atoms with E-state index in [1.165, 1.54) is 11.1 Å². The van der Waals surface area contributed by atoms with Crippen molar-refractivity contribution < 1.29 is 0 Å². The highest BCUT2D eigenvalue weighted by Crippen LogP contribution is 2.23. The zero-order valence-corrected chi connectivity index (χ0v) is 12.6. The predicted octanol–water partition coefficient (Wildman–Crippen LogP) is 5.73. The van der Waals surface area contributed by atoms with Crippen LogP contribution in [0.5, 0.6) is 0 Å². The fourth-order valence-corrected chi connectivity index (χ4v) is 2.41. The molecule has 2 rings (SSSR count). The molecule has 0 saturated heterocycles. The van der Waals surface area contributed by atoms with Crippen molar-refractivity contribution in [3.8, 4) is 0 Å². The maximum absolute atomic E-state index is 5.96. The molecule has 0 radical (unpaired) electrons. The molecule has 0 saturated carbocycles. The Balaban J connectivity index is 2.02. The van der Waals surface area contributed by atoms with Crippen LogP contribution >= 0.6 is 23.2 Å². The number of rotatable bonds is 4. The van der Waals surface area contributed by atoms with Gasteiger partial charge in [-0.2, -0.15) is 0 Å². The number of benzene rings is 2. The SMILES string of the molecule is CC(C)c1ccc(CNc2cc(Cl)cc(Cl)c2)cc1. The molecule has 0 aromatic heterocycles. The van der Waals surface area contributed by atoms with Gasteiger partial charge in [0.2, 0.25) is 0 Å². The van der Waals surface area contributed by atoms with Crippen LogP contribution in [0, 0.1) is 0 Å². The van der Waals surface area contributed by atoms with Crippen molar-refractivity contribution in [3.63, 3.8) is 0 Å². The summed E-state index contributed by atoms with van der Waals surface area (Å²) in [6, 6.07) is 14.1. The molecule has 2 aromatic rings. The minimum atomic E-state index is 0.564. The van der Waals surface area contributed by atoms with Crippen LogP contribution in [0.4, 0.5) is 5.69 Å². The summed E-state index contributed by atoms with van der Waals surface area (Å²) < 4.78 is 0. The van der Waals surface area contributed by atoms with Crippen LogP contribution < -0.4 is 5.32 Å². The third-order valence-corrected chi connectivity index (χ3v) is 3.44. The Morgan fingerprint density at radius 2 is 1.53 bits per heavy atom. The smallest absolute Gasteiger partial charge is 0.0441 e. The van der Waals surface area contributed by atoms with Crippen LogP contribution in [0.2, 0.25) is 10.0 Å². The monoisotopic (exact) mass is 293 g/mol. The summed E-state index contributed by atoms with van der Waals surface area (Å²) in [5.41, 5.74) is 3.53. The van der Waals surface area contributed by atoms with Crippen molar-refractivity contribution in [2.75, 3.05) is 5.32 Å². The Bertz CT molecular complexity index is 527. The molecule has 2 aromatic carbocycles.